The number of carbonyl (C=O) groups excluding carboxylic acids is 1. The van der Waals surface area contributed by atoms with Crippen molar-refractivity contribution in [3.05, 3.63) is 65.2 Å². The summed E-state index contributed by atoms with van der Waals surface area (Å²) in [7, 11) is 5.39. The fourth-order valence-corrected chi connectivity index (χ4v) is 3.89. The quantitative estimate of drug-likeness (QED) is 0.620. The highest BCUT2D eigenvalue weighted by molar-refractivity contribution is 8.00. The minimum absolute atomic E-state index is 0.00323. The zero-order chi connectivity index (χ0) is 18.7. The van der Waals surface area contributed by atoms with E-state index in [4.69, 9.17) is 11.6 Å². The molecule has 0 fully saturated rings. The Morgan fingerprint density at radius 2 is 1.73 bits per heavy atom. The van der Waals surface area contributed by atoms with Crippen molar-refractivity contribution in [2.75, 3.05) is 14.1 Å². The SMILES string of the molecule is CN(C)C(=O)[C@@H](Sc1nnc(-c2ccccc2Cl)n1C)c1ccccc1. The van der Waals surface area contributed by atoms with Gasteiger partial charge in [-0.1, -0.05) is 65.8 Å². The van der Waals surface area contributed by atoms with Crippen LogP contribution in [0.25, 0.3) is 11.4 Å². The highest BCUT2D eigenvalue weighted by Crippen LogP contribution is 2.37. The van der Waals surface area contributed by atoms with Gasteiger partial charge in [0.1, 0.15) is 5.25 Å². The monoisotopic (exact) mass is 386 g/mol. The Labute approximate surface area is 162 Å². The Balaban J connectivity index is 1.96. The van der Waals surface area contributed by atoms with E-state index in [9.17, 15) is 4.79 Å². The third-order valence-corrected chi connectivity index (χ3v) is 5.55. The molecule has 134 valence electrons. The van der Waals surface area contributed by atoms with Crippen molar-refractivity contribution < 1.29 is 4.79 Å². The number of nitrogens with zero attached hydrogens (tertiary/aromatic N) is 4. The molecular weight excluding hydrogens is 368 g/mol. The summed E-state index contributed by atoms with van der Waals surface area (Å²) in [6, 6.07) is 17.2. The van der Waals surface area contributed by atoms with E-state index in [0.717, 1.165) is 11.1 Å². The van der Waals surface area contributed by atoms with Gasteiger partial charge in [-0.3, -0.25) is 4.79 Å². The fraction of sp³-hybridized carbons (Fsp3) is 0.211. The molecule has 5 nitrogen and oxygen atoms in total. The Morgan fingerprint density at radius 3 is 2.38 bits per heavy atom. The average Bonchev–Trinajstić information content (AvgIpc) is 3.00. The summed E-state index contributed by atoms with van der Waals surface area (Å²) in [4.78, 5) is 14.3. The Morgan fingerprint density at radius 1 is 1.08 bits per heavy atom. The number of amides is 1. The zero-order valence-electron chi connectivity index (χ0n) is 14.8. The number of rotatable bonds is 5. The zero-order valence-corrected chi connectivity index (χ0v) is 16.3. The summed E-state index contributed by atoms with van der Waals surface area (Å²) >= 11 is 7.67. The fourth-order valence-electron chi connectivity index (χ4n) is 2.52. The van der Waals surface area contributed by atoms with Crippen LogP contribution in [0.5, 0.6) is 0 Å². The maximum absolute atomic E-state index is 12.7. The lowest BCUT2D eigenvalue weighted by Crippen LogP contribution is -2.26. The van der Waals surface area contributed by atoms with Crippen LogP contribution in [0.15, 0.2) is 59.8 Å². The summed E-state index contributed by atoms with van der Waals surface area (Å²) < 4.78 is 1.87. The normalized spacial score (nSPS) is 12.0. The van der Waals surface area contributed by atoms with Gasteiger partial charge >= 0.3 is 0 Å². The summed E-state index contributed by atoms with van der Waals surface area (Å²) in [6.45, 7) is 0. The first kappa shape index (κ1) is 18.5. The van der Waals surface area contributed by atoms with E-state index in [2.05, 4.69) is 10.2 Å². The first-order valence-electron chi connectivity index (χ1n) is 8.06. The van der Waals surface area contributed by atoms with Crippen LogP contribution in [-0.2, 0) is 11.8 Å². The number of hydrogen-bond donors (Lipinski definition) is 0. The Hall–Kier alpha value is -2.31. The smallest absolute Gasteiger partial charge is 0.240 e. The van der Waals surface area contributed by atoms with Crippen LogP contribution < -0.4 is 0 Å². The number of aromatic nitrogens is 3. The number of likely N-dealkylation sites (N-methyl/N-ethyl adjacent to an activating group) is 1. The number of halogens is 1. The van der Waals surface area contributed by atoms with Gasteiger partial charge in [0.25, 0.3) is 0 Å². The highest BCUT2D eigenvalue weighted by Gasteiger charge is 2.26. The lowest BCUT2D eigenvalue weighted by molar-refractivity contribution is -0.128. The van der Waals surface area contributed by atoms with Gasteiger partial charge in [0.05, 0.1) is 5.02 Å². The van der Waals surface area contributed by atoms with E-state index in [0.29, 0.717) is 16.0 Å². The Kier molecular flexibility index (Phi) is 5.64. The van der Waals surface area contributed by atoms with Crippen molar-refractivity contribution in [2.45, 2.75) is 10.4 Å². The van der Waals surface area contributed by atoms with Gasteiger partial charge in [-0.05, 0) is 17.7 Å². The van der Waals surface area contributed by atoms with Gasteiger partial charge in [-0.25, -0.2) is 0 Å². The van der Waals surface area contributed by atoms with E-state index in [1.54, 1.807) is 19.0 Å². The van der Waals surface area contributed by atoms with Crippen LogP contribution in [-0.4, -0.2) is 39.7 Å². The van der Waals surface area contributed by atoms with E-state index < -0.39 is 5.25 Å². The predicted octanol–water partition coefficient (Wildman–Crippen LogP) is 4.06. The third-order valence-electron chi connectivity index (χ3n) is 3.94. The average molecular weight is 387 g/mol. The van der Waals surface area contributed by atoms with Crippen molar-refractivity contribution in [3.63, 3.8) is 0 Å². The molecule has 0 bridgehead atoms. The second-order valence-corrected chi connectivity index (χ2v) is 7.47. The molecule has 0 aliphatic rings. The molecule has 3 aromatic rings. The van der Waals surface area contributed by atoms with Crippen molar-refractivity contribution in [1.82, 2.24) is 19.7 Å². The molecule has 0 saturated carbocycles. The molecule has 2 aromatic carbocycles. The summed E-state index contributed by atoms with van der Waals surface area (Å²) in [5, 5.41) is 9.44. The second kappa shape index (κ2) is 7.93. The van der Waals surface area contributed by atoms with Gasteiger partial charge in [0.2, 0.25) is 5.91 Å². The maximum Gasteiger partial charge on any atom is 0.240 e. The van der Waals surface area contributed by atoms with Crippen LogP contribution in [0.4, 0.5) is 0 Å². The van der Waals surface area contributed by atoms with Crippen molar-refractivity contribution in [3.8, 4) is 11.4 Å². The highest BCUT2D eigenvalue weighted by atomic mass is 35.5. The molecule has 7 heteroatoms. The molecule has 0 radical (unpaired) electrons. The summed E-state index contributed by atoms with van der Waals surface area (Å²) in [6.07, 6.45) is 0. The first-order valence-corrected chi connectivity index (χ1v) is 9.32. The molecule has 0 aliphatic carbocycles. The molecule has 3 rings (SSSR count). The van der Waals surface area contributed by atoms with E-state index in [1.807, 2.05) is 66.2 Å². The number of hydrogen-bond acceptors (Lipinski definition) is 4. The standard InChI is InChI=1S/C19H19ClN4OS/c1-23(2)18(25)16(13-9-5-4-6-10-13)26-19-22-21-17(24(19)3)14-11-7-8-12-15(14)20/h4-12,16H,1-3H3/t16-/m0/s1. The summed E-state index contributed by atoms with van der Waals surface area (Å²) in [5.74, 6) is 0.672. The van der Waals surface area contributed by atoms with Gasteiger partial charge in [0.15, 0.2) is 11.0 Å². The minimum Gasteiger partial charge on any atom is -0.348 e. The lowest BCUT2D eigenvalue weighted by Gasteiger charge is -2.20. The molecule has 26 heavy (non-hydrogen) atoms. The molecule has 0 saturated heterocycles. The van der Waals surface area contributed by atoms with Crippen LogP contribution in [0, 0.1) is 0 Å². The minimum atomic E-state index is -0.395. The first-order chi connectivity index (χ1) is 12.5. The molecule has 0 N–H and O–H groups in total. The molecular formula is C19H19ClN4OS. The van der Waals surface area contributed by atoms with Gasteiger partial charge in [-0.15, -0.1) is 10.2 Å². The number of benzene rings is 2. The maximum atomic E-state index is 12.7. The predicted molar refractivity (Wildman–Crippen MR) is 105 cm³/mol. The summed E-state index contributed by atoms with van der Waals surface area (Å²) in [5.41, 5.74) is 1.74. The van der Waals surface area contributed by atoms with Crippen LogP contribution >= 0.6 is 23.4 Å². The van der Waals surface area contributed by atoms with E-state index in [1.165, 1.54) is 11.8 Å². The largest absolute Gasteiger partial charge is 0.348 e. The van der Waals surface area contributed by atoms with Crippen molar-refractivity contribution in [2.24, 2.45) is 7.05 Å². The van der Waals surface area contributed by atoms with Gasteiger partial charge < -0.3 is 9.47 Å². The van der Waals surface area contributed by atoms with Gasteiger partial charge in [0, 0.05) is 26.7 Å². The molecule has 1 atom stereocenters. The molecule has 1 amide bonds. The molecule has 0 spiro atoms. The van der Waals surface area contributed by atoms with Crippen LogP contribution in [0.3, 0.4) is 0 Å². The molecule has 0 unspecified atom stereocenters. The van der Waals surface area contributed by atoms with Gasteiger partial charge in [-0.2, -0.15) is 0 Å². The number of carbonyl (C=O) groups is 1. The molecule has 1 heterocycles. The van der Waals surface area contributed by atoms with Crippen LogP contribution in [0.2, 0.25) is 5.02 Å². The Bertz CT molecular complexity index is 911. The second-order valence-electron chi connectivity index (χ2n) is 5.99. The van der Waals surface area contributed by atoms with Crippen LogP contribution in [0.1, 0.15) is 10.8 Å². The van der Waals surface area contributed by atoms with E-state index in [-0.39, 0.29) is 5.91 Å². The topological polar surface area (TPSA) is 51.0 Å². The molecule has 0 aliphatic heterocycles. The number of thioether (sulfide) groups is 1. The molecule has 1 aromatic heterocycles. The van der Waals surface area contributed by atoms with Crippen molar-refractivity contribution >= 4 is 29.3 Å². The van der Waals surface area contributed by atoms with Crippen molar-refractivity contribution in [1.29, 1.82) is 0 Å². The lowest BCUT2D eigenvalue weighted by atomic mass is 10.1. The van der Waals surface area contributed by atoms with E-state index >= 15 is 0 Å². The third kappa shape index (κ3) is 3.76.